The molecule has 9 aromatic rings. The molecule has 0 bridgehead atoms. The summed E-state index contributed by atoms with van der Waals surface area (Å²) >= 11 is 0. The average molecular weight is 1500 g/mol. The quantitative estimate of drug-likeness (QED) is 0.0484. The van der Waals surface area contributed by atoms with Crippen molar-refractivity contribution in [1.82, 2.24) is 19.4 Å². The van der Waals surface area contributed by atoms with Crippen molar-refractivity contribution in [3.63, 3.8) is 0 Å². The molecule has 3 aromatic heterocycles. The number of allylic oxidation sites excluding steroid dienone is 2. The van der Waals surface area contributed by atoms with Crippen molar-refractivity contribution in [2.24, 2.45) is 11.8 Å². The standard InChI is InChI=1S/C26H22N.C22H26BN3O.C13H12N.C13H24O2.2Ir/c1-18-14-23(21-10-6-4-7-11-21)15-19(2)26(18)24-16-25(27-17-20(24)3)22-12-8-5-9-13-22;1-14(2)16-8-6-9-17(15(3)4)21(16)23-25(5)18-10-7-11-19(27)20(18)22-24-12-13-26(22)23;1-10-3-6-12(7-4-10)13-8-5-11(2)9-14-13;1-5-10(6-2)12(14)9-13(15)11(7-3)8-4;;/h4-12,14-17H,1-3H3;6-15,27H,1-5H3;3-6,8-9H,1-2H3;9-11,14H,5-8H2,1-4H3;;/q-1;;-1;;;/i1D3,2D3,3D3;;1D3,2D3;;;. The zero-order valence-electron chi connectivity index (χ0n) is 64.6. The van der Waals surface area contributed by atoms with Gasteiger partial charge in [0.25, 0.3) is 0 Å². The molecule has 1 aliphatic rings. The summed E-state index contributed by atoms with van der Waals surface area (Å²) < 4.78 is 120. The largest absolute Gasteiger partial charge is 0.512 e. The fourth-order valence-electron chi connectivity index (χ4n) is 10.3. The molecule has 0 amide bonds. The van der Waals surface area contributed by atoms with Crippen molar-refractivity contribution in [1.29, 1.82) is 0 Å². The fraction of sp³-hybridized carbons (Fsp3) is 0.297. The number of rotatable bonds is 14. The molecular formula is C74H84BIr2N5O3-2. The summed E-state index contributed by atoms with van der Waals surface area (Å²) in [4.78, 5) is 26.9. The van der Waals surface area contributed by atoms with Gasteiger partial charge >= 0.3 is 6.98 Å². The van der Waals surface area contributed by atoms with Crippen LogP contribution in [-0.2, 0) is 45.0 Å². The minimum atomic E-state index is -2.73. The Morgan fingerprint density at radius 3 is 1.82 bits per heavy atom. The number of phenolic OH excluding ortho intramolecular Hbond substituents is 1. The molecule has 0 saturated carbocycles. The Kier molecular flexibility index (Phi) is 18.8. The molecule has 0 fully saturated rings. The van der Waals surface area contributed by atoms with Crippen LogP contribution in [0.25, 0.3) is 56.2 Å². The van der Waals surface area contributed by atoms with Crippen LogP contribution in [0.3, 0.4) is 0 Å². The summed E-state index contributed by atoms with van der Waals surface area (Å²) in [6, 6.07) is 45.9. The van der Waals surface area contributed by atoms with Gasteiger partial charge in [-0.25, -0.2) is 4.98 Å². The Labute approximate surface area is 556 Å². The van der Waals surface area contributed by atoms with Gasteiger partial charge in [-0.15, -0.1) is 71.3 Å². The van der Waals surface area contributed by atoms with E-state index in [-0.39, 0.29) is 115 Å². The molecule has 0 saturated heterocycles. The van der Waals surface area contributed by atoms with Crippen LogP contribution >= 0.6 is 0 Å². The van der Waals surface area contributed by atoms with Crippen molar-refractivity contribution < 1.29 is 75.8 Å². The topological polar surface area (TPSA) is 104 Å². The van der Waals surface area contributed by atoms with Crippen LogP contribution in [0.15, 0.2) is 176 Å². The van der Waals surface area contributed by atoms with E-state index in [4.69, 9.17) is 20.6 Å². The minimum Gasteiger partial charge on any atom is -0.512 e. The maximum Gasteiger partial charge on any atom is 0.417 e. The molecule has 1 aliphatic heterocycles. The number of carbonyl (C=O) groups is 1. The SMILES string of the molecule is CC(C)c1cccc(C(C)C)c1B1N(C)c2cccc(O)c2-c2nccn21.CCC(CC)C(=O)C=C(O)C(CC)CC.[2H]C([2H])([2H])c1c[c-]c(-c2ccc(C([2H])([2H])[2H])cn2)cc1.[2H]C([2H])([2H])c1cnc(-c2[c-]cccc2)cc1-c1c(C([2H])([2H])[2H])cc(-c2ccccc2)cc1C([2H])([2H])[2H].[Ir].[Ir]. The monoisotopic (exact) mass is 1500 g/mol. The fourth-order valence-corrected chi connectivity index (χ4v) is 10.3. The zero-order chi connectivity index (χ0) is 72.4. The van der Waals surface area contributed by atoms with Crippen molar-refractivity contribution in [3.8, 4) is 61.9 Å². The number of pyridine rings is 2. The number of anilines is 1. The summed E-state index contributed by atoms with van der Waals surface area (Å²) in [5.41, 5.74) is 8.53. The molecule has 85 heavy (non-hydrogen) atoms. The van der Waals surface area contributed by atoms with Gasteiger partial charge in [0.2, 0.25) is 0 Å². The first kappa shape index (κ1) is 49.2. The summed E-state index contributed by atoms with van der Waals surface area (Å²) in [6.07, 6.45) is 11.2. The summed E-state index contributed by atoms with van der Waals surface area (Å²) in [7, 11) is 2.10. The second-order valence-corrected chi connectivity index (χ2v) is 21.1. The molecular weight excluding hydrogens is 1400 g/mol. The summed E-state index contributed by atoms with van der Waals surface area (Å²) in [5.74, 6) is 2.48. The van der Waals surface area contributed by atoms with Gasteiger partial charge in [0, 0.05) is 109 Å². The molecule has 0 aliphatic carbocycles. The number of aromatic hydroxyl groups is 1. The molecule has 446 valence electrons. The maximum atomic E-state index is 11.7. The van der Waals surface area contributed by atoms with Gasteiger partial charge in [-0.1, -0.05) is 147 Å². The van der Waals surface area contributed by atoms with Crippen molar-refractivity contribution in [2.75, 3.05) is 11.9 Å². The zero-order valence-corrected chi connectivity index (χ0v) is 54.4. The van der Waals surface area contributed by atoms with E-state index in [0.29, 0.717) is 45.5 Å². The molecule has 2 radical (unpaired) electrons. The van der Waals surface area contributed by atoms with E-state index in [1.54, 1.807) is 72.8 Å². The Morgan fingerprint density at radius 1 is 0.635 bits per heavy atom. The molecule has 0 atom stereocenters. The van der Waals surface area contributed by atoms with Crippen molar-refractivity contribution >= 4 is 23.9 Å². The van der Waals surface area contributed by atoms with E-state index in [2.05, 4.69) is 95.4 Å². The van der Waals surface area contributed by atoms with E-state index in [1.165, 1.54) is 65.3 Å². The summed E-state index contributed by atoms with van der Waals surface area (Å²) in [6.45, 7) is 4.62. The van der Waals surface area contributed by atoms with Gasteiger partial charge in [0.05, 0.1) is 11.3 Å². The Bertz CT molecular complexity index is 4060. The minimum absolute atomic E-state index is 0. The predicted molar refractivity (Wildman–Crippen MR) is 349 cm³/mol. The Balaban J connectivity index is 0.000000251. The van der Waals surface area contributed by atoms with Crippen LogP contribution in [0.5, 0.6) is 5.75 Å². The predicted octanol–water partition coefficient (Wildman–Crippen LogP) is 18.0. The molecule has 4 heterocycles. The number of benzene rings is 6. The molecule has 6 aromatic carbocycles. The van der Waals surface area contributed by atoms with Crippen molar-refractivity contribution in [2.45, 2.75) is 127 Å². The van der Waals surface area contributed by atoms with E-state index >= 15 is 0 Å². The number of aryl methyl sites for hydroxylation is 5. The number of fused-ring (bicyclic) bond motifs is 3. The second-order valence-electron chi connectivity index (χ2n) is 21.1. The molecule has 11 heteroatoms. The van der Waals surface area contributed by atoms with Gasteiger partial charge in [0.1, 0.15) is 11.6 Å². The molecule has 8 nitrogen and oxygen atoms in total. The first-order valence-electron chi connectivity index (χ1n) is 35.8. The first-order valence-corrected chi connectivity index (χ1v) is 28.3. The number of carbonyl (C=O) groups excluding carboxylic acids is 1. The smallest absolute Gasteiger partial charge is 0.417 e. The van der Waals surface area contributed by atoms with Crippen LogP contribution in [-0.4, -0.2) is 49.5 Å². The van der Waals surface area contributed by atoms with Gasteiger partial charge < -0.3 is 29.5 Å². The maximum absolute atomic E-state index is 11.7. The molecule has 2 N–H and O–H groups in total. The molecule has 0 unspecified atom stereocenters. The Hall–Kier alpha value is -7.00. The molecule has 10 rings (SSSR count). The number of nitrogens with zero attached hydrogens (tertiary/aromatic N) is 5. The summed E-state index contributed by atoms with van der Waals surface area (Å²) in [5, 5.41) is 20.3. The Morgan fingerprint density at radius 2 is 1.26 bits per heavy atom. The number of ketones is 1. The third kappa shape index (κ3) is 16.9. The number of aliphatic hydroxyl groups excluding tert-OH is 1. The van der Waals surface area contributed by atoms with Gasteiger partial charge in [-0.2, -0.15) is 0 Å². The van der Waals surface area contributed by atoms with E-state index in [0.717, 1.165) is 49.0 Å². The number of hydrogen-bond acceptors (Lipinski definition) is 7. The number of hydrogen-bond donors (Lipinski definition) is 2. The van der Waals surface area contributed by atoms with E-state index in [9.17, 15) is 15.0 Å². The van der Waals surface area contributed by atoms with Gasteiger partial charge in [0.15, 0.2) is 5.78 Å². The van der Waals surface area contributed by atoms with E-state index < -0.39 is 34.3 Å². The number of aliphatic hydroxyl groups is 1. The third-order valence-corrected chi connectivity index (χ3v) is 14.9. The number of aromatic nitrogens is 4. The van der Waals surface area contributed by atoms with Gasteiger partial charge in [-0.3, -0.25) is 4.79 Å². The van der Waals surface area contributed by atoms with Crippen LogP contribution in [0.4, 0.5) is 5.69 Å². The average Bonchev–Trinajstić information content (AvgIpc) is 1.22. The van der Waals surface area contributed by atoms with E-state index in [1.807, 2.05) is 46.2 Å². The molecule has 0 spiro atoms. The number of phenols is 1. The first-order chi connectivity index (χ1) is 46.0. The normalized spacial score (nSPS) is 14.9. The number of imidazole rings is 1. The van der Waals surface area contributed by atoms with Crippen LogP contribution < -0.4 is 10.3 Å². The van der Waals surface area contributed by atoms with Crippen LogP contribution in [0.1, 0.15) is 152 Å². The third-order valence-electron chi connectivity index (χ3n) is 14.9. The van der Waals surface area contributed by atoms with Crippen molar-refractivity contribution in [3.05, 3.63) is 227 Å². The second kappa shape index (κ2) is 32.5. The van der Waals surface area contributed by atoms with Crippen LogP contribution in [0, 0.1) is 58.2 Å². The van der Waals surface area contributed by atoms with Crippen LogP contribution in [0.2, 0.25) is 0 Å². The van der Waals surface area contributed by atoms with Gasteiger partial charge in [-0.05, 0) is 157 Å².